The van der Waals surface area contributed by atoms with Gasteiger partial charge in [0, 0.05) is 6.54 Å². The van der Waals surface area contributed by atoms with Gasteiger partial charge in [-0.1, -0.05) is 0 Å². The van der Waals surface area contributed by atoms with Crippen molar-refractivity contribution in [1.29, 1.82) is 0 Å². The van der Waals surface area contributed by atoms with E-state index in [1.165, 1.54) is 0 Å². The van der Waals surface area contributed by atoms with Crippen LogP contribution in [0.1, 0.15) is 12.8 Å². The van der Waals surface area contributed by atoms with Crippen LogP contribution in [-0.2, 0) is 4.74 Å². The predicted molar refractivity (Wildman–Crippen MR) is 28.1 cm³/mol. The van der Waals surface area contributed by atoms with E-state index in [-0.39, 0.29) is 6.54 Å². The molecule has 1 rings (SSSR count). The van der Waals surface area contributed by atoms with Gasteiger partial charge in [0.15, 0.2) is 0 Å². The van der Waals surface area contributed by atoms with Crippen LogP contribution in [0, 0.1) is 0 Å². The monoisotopic (exact) mass is 137 g/mol. The molecule has 0 aromatic carbocycles. The second-order valence-electron chi connectivity index (χ2n) is 2.27. The SMILES string of the molecule is NCC1(OC(F)F)CC1. The zero-order valence-corrected chi connectivity index (χ0v) is 4.94. The van der Waals surface area contributed by atoms with Crippen molar-refractivity contribution >= 4 is 0 Å². The van der Waals surface area contributed by atoms with E-state index in [1.54, 1.807) is 0 Å². The number of nitrogens with two attached hydrogens (primary N) is 1. The molecule has 0 spiro atoms. The molecule has 2 nitrogen and oxygen atoms in total. The van der Waals surface area contributed by atoms with Crippen LogP contribution in [0.4, 0.5) is 8.78 Å². The number of rotatable bonds is 3. The maximum Gasteiger partial charge on any atom is 0.345 e. The Morgan fingerprint density at radius 1 is 1.56 bits per heavy atom. The Labute approximate surface area is 52.0 Å². The molecule has 1 fully saturated rings. The number of halogens is 2. The lowest BCUT2D eigenvalue weighted by molar-refractivity contribution is -0.170. The fourth-order valence-electron chi connectivity index (χ4n) is 0.698. The minimum Gasteiger partial charge on any atom is -0.328 e. The van der Waals surface area contributed by atoms with Crippen LogP contribution in [0.5, 0.6) is 0 Å². The molecule has 0 atom stereocenters. The van der Waals surface area contributed by atoms with E-state index in [0.717, 1.165) is 0 Å². The van der Waals surface area contributed by atoms with Gasteiger partial charge in [-0.05, 0) is 12.8 Å². The average molecular weight is 137 g/mol. The van der Waals surface area contributed by atoms with Crippen molar-refractivity contribution in [2.45, 2.75) is 25.1 Å². The molecule has 54 valence electrons. The van der Waals surface area contributed by atoms with E-state index in [1.807, 2.05) is 0 Å². The van der Waals surface area contributed by atoms with Gasteiger partial charge in [-0.3, -0.25) is 0 Å². The number of alkyl halides is 2. The van der Waals surface area contributed by atoms with Gasteiger partial charge < -0.3 is 10.5 Å². The molecule has 0 aromatic rings. The Morgan fingerprint density at radius 3 is 2.22 bits per heavy atom. The predicted octanol–water partition coefficient (Wildman–Crippen LogP) is 0.717. The molecule has 0 bridgehead atoms. The van der Waals surface area contributed by atoms with Gasteiger partial charge in [-0.25, -0.2) is 0 Å². The van der Waals surface area contributed by atoms with Crippen molar-refractivity contribution < 1.29 is 13.5 Å². The summed E-state index contributed by atoms with van der Waals surface area (Å²) in [7, 11) is 0. The third-order valence-corrected chi connectivity index (χ3v) is 1.52. The lowest BCUT2D eigenvalue weighted by Gasteiger charge is -2.11. The second-order valence-corrected chi connectivity index (χ2v) is 2.27. The van der Waals surface area contributed by atoms with Crippen molar-refractivity contribution in [3.05, 3.63) is 0 Å². The van der Waals surface area contributed by atoms with Crippen LogP contribution in [0.25, 0.3) is 0 Å². The smallest absolute Gasteiger partial charge is 0.328 e. The molecule has 0 saturated heterocycles. The third-order valence-electron chi connectivity index (χ3n) is 1.52. The second kappa shape index (κ2) is 2.19. The highest BCUT2D eigenvalue weighted by atomic mass is 19.3. The Bertz CT molecular complexity index is 103. The highest BCUT2D eigenvalue weighted by molar-refractivity contribution is 4.96. The van der Waals surface area contributed by atoms with Gasteiger partial charge in [-0.2, -0.15) is 8.78 Å². The van der Waals surface area contributed by atoms with Crippen LogP contribution in [0.3, 0.4) is 0 Å². The van der Waals surface area contributed by atoms with E-state index >= 15 is 0 Å². The molecule has 2 N–H and O–H groups in total. The minimum atomic E-state index is -2.67. The summed E-state index contributed by atoms with van der Waals surface area (Å²) in [6.07, 6.45) is 1.35. The minimum absolute atomic E-state index is 0.206. The molecule has 4 heteroatoms. The zero-order valence-electron chi connectivity index (χ0n) is 4.94. The van der Waals surface area contributed by atoms with E-state index in [4.69, 9.17) is 5.73 Å². The molecule has 0 unspecified atom stereocenters. The van der Waals surface area contributed by atoms with E-state index in [2.05, 4.69) is 4.74 Å². The summed E-state index contributed by atoms with van der Waals surface area (Å²) in [5, 5.41) is 0. The summed E-state index contributed by atoms with van der Waals surface area (Å²) >= 11 is 0. The number of ether oxygens (including phenoxy) is 1. The quantitative estimate of drug-likeness (QED) is 0.622. The first-order chi connectivity index (χ1) is 4.18. The van der Waals surface area contributed by atoms with Crippen LogP contribution in [-0.4, -0.2) is 18.8 Å². The van der Waals surface area contributed by atoms with E-state index < -0.39 is 12.2 Å². The van der Waals surface area contributed by atoms with Crippen molar-refractivity contribution in [1.82, 2.24) is 0 Å². The van der Waals surface area contributed by atoms with Gasteiger partial charge in [0.25, 0.3) is 0 Å². The van der Waals surface area contributed by atoms with Crippen molar-refractivity contribution in [3.8, 4) is 0 Å². The van der Waals surface area contributed by atoms with Crippen LogP contribution in [0.15, 0.2) is 0 Å². The Hall–Kier alpha value is -0.220. The first-order valence-corrected chi connectivity index (χ1v) is 2.85. The van der Waals surface area contributed by atoms with Crippen molar-refractivity contribution in [2.24, 2.45) is 5.73 Å². The van der Waals surface area contributed by atoms with Gasteiger partial charge in [0.05, 0.1) is 5.60 Å². The van der Waals surface area contributed by atoms with Crippen LogP contribution < -0.4 is 5.73 Å². The molecular formula is C5H9F2NO. The van der Waals surface area contributed by atoms with Crippen LogP contribution in [0.2, 0.25) is 0 Å². The van der Waals surface area contributed by atoms with E-state index in [9.17, 15) is 8.78 Å². The Balaban J connectivity index is 2.25. The first kappa shape index (κ1) is 6.89. The maximum atomic E-state index is 11.5. The fraction of sp³-hybridized carbons (Fsp3) is 1.00. The molecule has 0 aliphatic heterocycles. The van der Waals surface area contributed by atoms with Gasteiger partial charge in [0.1, 0.15) is 0 Å². The summed E-state index contributed by atoms with van der Waals surface area (Å²) in [6, 6.07) is 0. The molecular weight excluding hydrogens is 128 g/mol. The Kier molecular flexibility index (Phi) is 1.68. The molecule has 0 radical (unpaired) electrons. The van der Waals surface area contributed by atoms with Crippen molar-refractivity contribution in [2.75, 3.05) is 6.54 Å². The highest BCUT2D eigenvalue weighted by Crippen LogP contribution is 2.39. The molecule has 1 aliphatic rings. The molecule has 1 aliphatic carbocycles. The standard InChI is InChI=1S/C5H9F2NO/c6-4(7)9-5(3-8)1-2-5/h4H,1-3,8H2. The summed E-state index contributed by atoms with van der Waals surface area (Å²) in [5.74, 6) is 0. The molecule has 1 saturated carbocycles. The Morgan fingerprint density at radius 2 is 2.11 bits per heavy atom. The first-order valence-electron chi connectivity index (χ1n) is 2.85. The number of hydrogen-bond donors (Lipinski definition) is 1. The maximum absolute atomic E-state index is 11.5. The number of hydrogen-bond acceptors (Lipinski definition) is 2. The summed E-state index contributed by atoms with van der Waals surface area (Å²) in [5.41, 5.74) is 4.50. The molecule has 9 heavy (non-hydrogen) atoms. The van der Waals surface area contributed by atoms with E-state index in [0.29, 0.717) is 12.8 Å². The fourth-order valence-corrected chi connectivity index (χ4v) is 0.698. The van der Waals surface area contributed by atoms with Crippen molar-refractivity contribution in [3.63, 3.8) is 0 Å². The molecule has 0 aromatic heterocycles. The molecule has 0 heterocycles. The van der Waals surface area contributed by atoms with Crippen LogP contribution >= 0.6 is 0 Å². The van der Waals surface area contributed by atoms with Gasteiger partial charge in [0.2, 0.25) is 0 Å². The zero-order chi connectivity index (χ0) is 6.91. The van der Waals surface area contributed by atoms with Gasteiger partial charge >= 0.3 is 6.61 Å². The van der Waals surface area contributed by atoms with Gasteiger partial charge in [-0.15, -0.1) is 0 Å². The normalized spacial score (nSPS) is 22.7. The molecule has 0 amide bonds. The third kappa shape index (κ3) is 1.59. The summed E-state index contributed by atoms with van der Waals surface area (Å²) < 4.78 is 27.2. The topological polar surface area (TPSA) is 35.2 Å². The largest absolute Gasteiger partial charge is 0.345 e. The highest BCUT2D eigenvalue weighted by Gasteiger charge is 2.44. The lowest BCUT2D eigenvalue weighted by Crippen LogP contribution is -2.27. The lowest BCUT2D eigenvalue weighted by atomic mass is 10.3. The average Bonchev–Trinajstić information content (AvgIpc) is 2.48. The summed E-state index contributed by atoms with van der Waals surface area (Å²) in [4.78, 5) is 0. The summed E-state index contributed by atoms with van der Waals surface area (Å²) in [6.45, 7) is -2.46.